The van der Waals surface area contributed by atoms with Crippen molar-refractivity contribution in [1.82, 2.24) is 0 Å². The van der Waals surface area contributed by atoms with Crippen LogP contribution in [0.25, 0.3) is 0 Å². The van der Waals surface area contributed by atoms with Gasteiger partial charge in [-0.1, -0.05) is 6.07 Å². The van der Waals surface area contributed by atoms with Gasteiger partial charge < -0.3 is 14.8 Å². The summed E-state index contributed by atoms with van der Waals surface area (Å²) in [6, 6.07) is 9.03. The molecule has 1 rings (SSSR count). The molecule has 5 nitrogen and oxygen atoms in total. The first-order valence-electron chi connectivity index (χ1n) is 5.34. The van der Waals surface area contributed by atoms with Crippen LogP contribution in [0.3, 0.4) is 0 Å². The van der Waals surface area contributed by atoms with Gasteiger partial charge in [0.1, 0.15) is 11.8 Å². The minimum Gasteiger partial charge on any atom is -0.497 e. The number of esters is 1. The number of ether oxygens (including phenoxy) is 2. The van der Waals surface area contributed by atoms with Crippen LogP contribution in [0.1, 0.15) is 0 Å². The van der Waals surface area contributed by atoms with Crippen molar-refractivity contribution in [2.24, 2.45) is 0 Å². The number of rotatable bonds is 5. The zero-order chi connectivity index (χ0) is 14.3. The van der Waals surface area contributed by atoms with Crippen LogP contribution in [0.15, 0.2) is 34.9 Å². The van der Waals surface area contributed by atoms with Crippen LogP contribution in [0.2, 0.25) is 0 Å². The van der Waals surface area contributed by atoms with E-state index in [1.165, 1.54) is 18.9 Å². The van der Waals surface area contributed by atoms with Gasteiger partial charge in [0.05, 0.1) is 19.2 Å². The van der Waals surface area contributed by atoms with E-state index in [-0.39, 0.29) is 5.57 Å². The van der Waals surface area contributed by atoms with Crippen LogP contribution < -0.4 is 10.1 Å². The molecule has 0 radical (unpaired) electrons. The molecule has 0 aliphatic heterocycles. The first kappa shape index (κ1) is 14.9. The van der Waals surface area contributed by atoms with E-state index < -0.39 is 5.97 Å². The van der Waals surface area contributed by atoms with Gasteiger partial charge >= 0.3 is 5.97 Å². The molecular weight excluding hydrogens is 264 g/mol. The van der Waals surface area contributed by atoms with Gasteiger partial charge in [0, 0.05) is 11.8 Å². The fourth-order valence-electron chi connectivity index (χ4n) is 1.34. The highest BCUT2D eigenvalue weighted by atomic mass is 32.2. The zero-order valence-corrected chi connectivity index (χ0v) is 11.7. The minimum absolute atomic E-state index is 0.0576. The lowest BCUT2D eigenvalue weighted by Crippen LogP contribution is -2.09. The highest BCUT2D eigenvalue weighted by Gasteiger charge is 2.15. The van der Waals surface area contributed by atoms with Crippen molar-refractivity contribution in [3.63, 3.8) is 0 Å². The van der Waals surface area contributed by atoms with E-state index in [2.05, 4.69) is 10.1 Å². The molecule has 0 saturated heterocycles. The Hall–Kier alpha value is -2.13. The fraction of sp³-hybridized carbons (Fsp3) is 0.231. The summed E-state index contributed by atoms with van der Waals surface area (Å²) in [6.45, 7) is 0. The molecule has 0 fully saturated rings. The third-order valence-corrected chi connectivity index (χ3v) is 2.97. The number of hydrogen-bond acceptors (Lipinski definition) is 6. The molecule has 19 heavy (non-hydrogen) atoms. The van der Waals surface area contributed by atoms with Gasteiger partial charge in [0.25, 0.3) is 0 Å². The second kappa shape index (κ2) is 7.34. The van der Waals surface area contributed by atoms with Gasteiger partial charge in [-0.05, 0) is 18.4 Å². The van der Waals surface area contributed by atoms with Crippen molar-refractivity contribution in [1.29, 1.82) is 5.26 Å². The van der Waals surface area contributed by atoms with Crippen molar-refractivity contribution in [2.75, 3.05) is 25.8 Å². The average Bonchev–Trinajstić information content (AvgIpc) is 2.46. The molecule has 0 bridgehead atoms. The van der Waals surface area contributed by atoms with Crippen molar-refractivity contribution in [3.05, 3.63) is 34.9 Å². The van der Waals surface area contributed by atoms with E-state index in [1.54, 1.807) is 25.5 Å². The summed E-state index contributed by atoms with van der Waals surface area (Å²) in [5.41, 5.74) is 0.665. The van der Waals surface area contributed by atoms with E-state index in [0.29, 0.717) is 10.8 Å². The van der Waals surface area contributed by atoms with Crippen LogP contribution in [-0.2, 0) is 9.53 Å². The summed E-state index contributed by atoms with van der Waals surface area (Å²) in [6.07, 6.45) is 1.77. The van der Waals surface area contributed by atoms with E-state index in [0.717, 1.165) is 5.69 Å². The molecule has 1 N–H and O–H groups in total. The Labute approximate surface area is 116 Å². The first-order valence-corrected chi connectivity index (χ1v) is 6.56. The molecule has 0 saturated carbocycles. The smallest absolute Gasteiger partial charge is 0.351 e. The SMILES string of the molecule is COC(=O)C(C#N)=C(Nc1cccc(OC)c1)SC. The third kappa shape index (κ3) is 3.93. The van der Waals surface area contributed by atoms with Gasteiger partial charge in [0.2, 0.25) is 0 Å². The van der Waals surface area contributed by atoms with Crippen LogP contribution in [0.4, 0.5) is 5.69 Å². The number of carbonyl (C=O) groups is 1. The molecule has 0 aliphatic rings. The number of nitrogens with zero attached hydrogens (tertiary/aromatic N) is 1. The van der Waals surface area contributed by atoms with Gasteiger partial charge in [0.15, 0.2) is 5.57 Å². The predicted octanol–water partition coefficient (Wildman–Crippen LogP) is 2.38. The molecular formula is C13H14N2O3S. The maximum Gasteiger partial charge on any atom is 0.351 e. The number of methoxy groups -OCH3 is 2. The number of carbonyl (C=O) groups excluding carboxylic acids is 1. The second-order valence-corrected chi connectivity index (χ2v) is 4.19. The summed E-state index contributed by atoms with van der Waals surface area (Å²) in [7, 11) is 2.81. The van der Waals surface area contributed by atoms with Crippen molar-refractivity contribution in [2.45, 2.75) is 0 Å². The van der Waals surface area contributed by atoms with Crippen molar-refractivity contribution >= 4 is 23.4 Å². The Morgan fingerprint density at radius 1 is 1.42 bits per heavy atom. The van der Waals surface area contributed by atoms with Gasteiger partial charge in [-0.3, -0.25) is 0 Å². The normalized spacial score (nSPS) is 11.1. The molecule has 0 atom stereocenters. The number of thioether (sulfide) groups is 1. The Bertz CT molecular complexity index is 535. The van der Waals surface area contributed by atoms with Crippen LogP contribution in [-0.4, -0.2) is 26.4 Å². The quantitative estimate of drug-likeness (QED) is 0.506. The van der Waals surface area contributed by atoms with E-state index in [9.17, 15) is 4.79 Å². The Morgan fingerprint density at radius 3 is 2.68 bits per heavy atom. The Kier molecular flexibility index (Phi) is 5.76. The van der Waals surface area contributed by atoms with Crippen LogP contribution in [0, 0.1) is 11.3 Å². The van der Waals surface area contributed by atoms with Crippen molar-refractivity contribution in [3.8, 4) is 11.8 Å². The molecule has 1 aromatic rings. The molecule has 0 aliphatic carbocycles. The van der Waals surface area contributed by atoms with Crippen LogP contribution in [0.5, 0.6) is 5.75 Å². The summed E-state index contributed by atoms with van der Waals surface area (Å²) >= 11 is 1.26. The topological polar surface area (TPSA) is 71.4 Å². The van der Waals surface area contributed by atoms with E-state index in [1.807, 2.05) is 18.2 Å². The van der Waals surface area contributed by atoms with Crippen LogP contribution >= 0.6 is 11.8 Å². The fourth-order valence-corrected chi connectivity index (χ4v) is 1.89. The first-order chi connectivity index (χ1) is 9.15. The summed E-state index contributed by atoms with van der Waals surface area (Å²) in [5.74, 6) is 0.0178. The standard InChI is InChI=1S/C13H14N2O3S/c1-17-10-6-4-5-9(7-10)15-12(19-3)11(8-14)13(16)18-2/h4-7,15H,1-3H3. The maximum absolute atomic E-state index is 11.5. The lowest BCUT2D eigenvalue weighted by atomic mass is 10.3. The zero-order valence-electron chi connectivity index (χ0n) is 10.9. The van der Waals surface area contributed by atoms with E-state index in [4.69, 9.17) is 10.00 Å². The third-order valence-electron chi connectivity index (χ3n) is 2.26. The van der Waals surface area contributed by atoms with Gasteiger partial charge in [-0.25, -0.2) is 4.79 Å². The molecule has 0 unspecified atom stereocenters. The second-order valence-electron chi connectivity index (χ2n) is 3.37. The molecule has 0 aromatic heterocycles. The Morgan fingerprint density at radius 2 is 2.16 bits per heavy atom. The molecule has 100 valence electrons. The van der Waals surface area contributed by atoms with E-state index >= 15 is 0 Å². The summed E-state index contributed by atoms with van der Waals surface area (Å²) in [4.78, 5) is 11.5. The number of hydrogen-bond donors (Lipinski definition) is 1. The monoisotopic (exact) mass is 278 g/mol. The molecule has 0 spiro atoms. The molecule has 1 aromatic carbocycles. The lowest BCUT2D eigenvalue weighted by Gasteiger charge is -2.11. The highest BCUT2D eigenvalue weighted by molar-refractivity contribution is 8.02. The number of nitrogens with one attached hydrogen (secondary N) is 1. The van der Waals surface area contributed by atoms with Gasteiger partial charge in [-0.15, -0.1) is 11.8 Å². The number of anilines is 1. The summed E-state index contributed by atoms with van der Waals surface area (Å²) < 4.78 is 9.68. The van der Waals surface area contributed by atoms with Crippen molar-refractivity contribution < 1.29 is 14.3 Å². The molecule has 6 heteroatoms. The largest absolute Gasteiger partial charge is 0.497 e. The summed E-state index contributed by atoms with van der Waals surface area (Å²) in [5, 5.41) is 12.5. The number of benzene rings is 1. The van der Waals surface area contributed by atoms with Gasteiger partial charge in [-0.2, -0.15) is 5.26 Å². The minimum atomic E-state index is -0.665. The predicted molar refractivity (Wildman–Crippen MR) is 74.8 cm³/mol. The number of nitriles is 1. The lowest BCUT2D eigenvalue weighted by molar-refractivity contribution is -0.135. The molecule has 0 heterocycles. The maximum atomic E-state index is 11.5. The highest BCUT2D eigenvalue weighted by Crippen LogP contribution is 2.24. The average molecular weight is 278 g/mol. The Balaban J connectivity index is 3.07. The molecule has 0 amide bonds.